The lowest BCUT2D eigenvalue weighted by atomic mass is 9.96. The number of halogens is 2. The Morgan fingerprint density at radius 2 is 1.57 bits per heavy atom. The Bertz CT molecular complexity index is 660. The number of nitrogens with one attached hydrogen (secondary N) is 1. The van der Waals surface area contributed by atoms with Gasteiger partial charge in [0.05, 0.1) is 5.92 Å². The highest BCUT2D eigenvalue weighted by Gasteiger charge is 2.16. The SMILES string of the molecule is CC(C)Cc1ccc([C@@H](C)C(=O)Nc2cc(Cl)cc(Cl)c2)cc1. The zero-order valence-electron chi connectivity index (χ0n) is 13.6. The van der Waals surface area contributed by atoms with Gasteiger partial charge >= 0.3 is 0 Å². The van der Waals surface area contributed by atoms with Gasteiger partial charge in [-0.3, -0.25) is 4.79 Å². The van der Waals surface area contributed by atoms with Crippen molar-refractivity contribution in [2.45, 2.75) is 33.1 Å². The highest BCUT2D eigenvalue weighted by Crippen LogP contribution is 2.24. The monoisotopic (exact) mass is 349 g/mol. The third kappa shape index (κ3) is 5.26. The van der Waals surface area contributed by atoms with Gasteiger partial charge in [0.1, 0.15) is 0 Å². The molecule has 0 aliphatic heterocycles. The number of benzene rings is 2. The fraction of sp³-hybridized carbons (Fsp3) is 0.316. The molecule has 0 unspecified atom stereocenters. The zero-order valence-corrected chi connectivity index (χ0v) is 15.1. The van der Waals surface area contributed by atoms with E-state index in [1.54, 1.807) is 18.2 Å². The summed E-state index contributed by atoms with van der Waals surface area (Å²) in [6.45, 7) is 6.28. The number of anilines is 1. The Morgan fingerprint density at radius 1 is 1.00 bits per heavy atom. The molecule has 1 atom stereocenters. The van der Waals surface area contributed by atoms with E-state index in [2.05, 4.69) is 31.3 Å². The van der Waals surface area contributed by atoms with Crippen LogP contribution in [0.4, 0.5) is 5.69 Å². The van der Waals surface area contributed by atoms with E-state index >= 15 is 0 Å². The Hall–Kier alpha value is -1.51. The molecule has 2 nitrogen and oxygen atoms in total. The first-order valence-corrected chi connectivity index (χ1v) is 8.46. The van der Waals surface area contributed by atoms with E-state index in [-0.39, 0.29) is 11.8 Å². The molecule has 0 radical (unpaired) electrons. The average molecular weight is 350 g/mol. The van der Waals surface area contributed by atoms with Crippen LogP contribution in [0.15, 0.2) is 42.5 Å². The van der Waals surface area contributed by atoms with Crippen LogP contribution in [0.25, 0.3) is 0 Å². The molecule has 0 heterocycles. The van der Waals surface area contributed by atoms with Gasteiger partial charge in [0, 0.05) is 15.7 Å². The normalized spacial score (nSPS) is 12.3. The van der Waals surface area contributed by atoms with E-state index in [0.29, 0.717) is 21.7 Å². The van der Waals surface area contributed by atoms with Gasteiger partial charge in [-0.1, -0.05) is 61.3 Å². The van der Waals surface area contributed by atoms with Crippen LogP contribution >= 0.6 is 23.2 Å². The lowest BCUT2D eigenvalue weighted by molar-refractivity contribution is -0.117. The maximum Gasteiger partial charge on any atom is 0.231 e. The molecule has 0 spiro atoms. The van der Waals surface area contributed by atoms with Gasteiger partial charge in [0.25, 0.3) is 0 Å². The van der Waals surface area contributed by atoms with E-state index in [4.69, 9.17) is 23.2 Å². The van der Waals surface area contributed by atoms with Crippen molar-refractivity contribution >= 4 is 34.8 Å². The maximum atomic E-state index is 12.4. The van der Waals surface area contributed by atoms with Gasteiger partial charge in [-0.05, 0) is 48.6 Å². The van der Waals surface area contributed by atoms with Crippen LogP contribution in [0, 0.1) is 5.92 Å². The molecular formula is C19H21Cl2NO. The van der Waals surface area contributed by atoms with Crippen molar-refractivity contribution < 1.29 is 4.79 Å². The van der Waals surface area contributed by atoms with Gasteiger partial charge in [0.15, 0.2) is 0 Å². The standard InChI is InChI=1S/C19H21Cl2NO/c1-12(2)8-14-4-6-15(7-5-14)13(3)19(23)22-18-10-16(20)9-17(21)11-18/h4-7,9-13H,8H2,1-3H3,(H,22,23)/t13-/m1/s1. The van der Waals surface area contributed by atoms with E-state index in [9.17, 15) is 4.79 Å². The summed E-state index contributed by atoms with van der Waals surface area (Å²) < 4.78 is 0. The molecular weight excluding hydrogens is 329 g/mol. The number of carbonyl (C=O) groups excluding carboxylic acids is 1. The summed E-state index contributed by atoms with van der Waals surface area (Å²) in [7, 11) is 0. The zero-order chi connectivity index (χ0) is 17.0. The molecule has 2 rings (SSSR count). The highest BCUT2D eigenvalue weighted by atomic mass is 35.5. The summed E-state index contributed by atoms with van der Waals surface area (Å²) >= 11 is 11.9. The number of amides is 1. The minimum absolute atomic E-state index is 0.0834. The Labute approximate surface area is 147 Å². The molecule has 1 amide bonds. The molecule has 2 aromatic carbocycles. The minimum atomic E-state index is -0.249. The Balaban J connectivity index is 2.06. The molecule has 0 bridgehead atoms. The second-order valence-electron chi connectivity index (χ2n) is 6.21. The van der Waals surface area contributed by atoms with Gasteiger partial charge in [-0.2, -0.15) is 0 Å². The molecule has 1 N–H and O–H groups in total. The Kier molecular flexibility index (Phi) is 6.09. The lowest BCUT2D eigenvalue weighted by Crippen LogP contribution is -2.18. The number of hydrogen-bond donors (Lipinski definition) is 1. The molecule has 0 fully saturated rings. The molecule has 4 heteroatoms. The van der Waals surface area contributed by atoms with E-state index in [1.807, 2.05) is 19.1 Å². The number of hydrogen-bond acceptors (Lipinski definition) is 1. The summed E-state index contributed by atoms with van der Waals surface area (Å²) in [6.07, 6.45) is 1.04. The molecule has 122 valence electrons. The van der Waals surface area contributed by atoms with Crippen LogP contribution in [0.2, 0.25) is 10.0 Å². The largest absolute Gasteiger partial charge is 0.325 e. The smallest absolute Gasteiger partial charge is 0.231 e. The molecule has 0 saturated carbocycles. The molecule has 0 saturated heterocycles. The van der Waals surface area contributed by atoms with E-state index in [0.717, 1.165) is 12.0 Å². The van der Waals surface area contributed by atoms with Crippen molar-refractivity contribution in [1.29, 1.82) is 0 Å². The quantitative estimate of drug-likeness (QED) is 0.711. The van der Waals surface area contributed by atoms with Crippen molar-refractivity contribution in [2.24, 2.45) is 5.92 Å². The second kappa shape index (κ2) is 7.85. The minimum Gasteiger partial charge on any atom is -0.325 e. The lowest BCUT2D eigenvalue weighted by Gasteiger charge is -2.14. The van der Waals surface area contributed by atoms with Crippen molar-refractivity contribution in [2.75, 3.05) is 5.32 Å². The number of rotatable bonds is 5. The topological polar surface area (TPSA) is 29.1 Å². The molecule has 23 heavy (non-hydrogen) atoms. The van der Waals surface area contributed by atoms with Crippen LogP contribution in [-0.2, 0) is 11.2 Å². The van der Waals surface area contributed by atoms with Gasteiger partial charge < -0.3 is 5.32 Å². The van der Waals surface area contributed by atoms with Crippen molar-refractivity contribution in [3.63, 3.8) is 0 Å². The molecule has 0 aliphatic carbocycles. The predicted molar refractivity (Wildman–Crippen MR) is 98.5 cm³/mol. The van der Waals surface area contributed by atoms with Crippen molar-refractivity contribution in [3.8, 4) is 0 Å². The van der Waals surface area contributed by atoms with Crippen LogP contribution in [0.5, 0.6) is 0 Å². The predicted octanol–water partition coefficient (Wildman–Crippen LogP) is 5.93. The van der Waals surface area contributed by atoms with Crippen LogP contribution in [-0.4, -0.2) is 5.91 Å². The van der Waals surface area contributed by atoms with Crippen LogP contribution in [0.1, 0.15) is 37.8 Å². The summed E-state index contributed by atoms with van der Waals surface area (Å²) in [5.74, 6) is 0.287. The summed E-state index contributed by atoms with van der Waals surface area (Å²) in [4.78, 5) is 12.4. The van der Waals surface area contributed by atoms with Crippen molar-refractivity contribution in [3.05, 3.63) is 63.6 Å². The first-order chi connectivity index (χ1) is 10.8. The van der Waals surface area contributed by atoms with Crippen molar-refractivity contribution in [1.82, 2.24) is 0 Å². The highest BCUT2D eigenvalue weighted by molar-refractivity contribution is 6.35. The second-order valence-corrected chi connectivity index (χ2v) is 7.08. The molecule has 2 aromatic rings. The van der Waals surface area contributed by atoms with Gasteiger partial charge in [-0.25, -0.2) is 0 Å². The van der Waals surface area contributed by atoms with Crippen LogP contribution < -0.4 is 5.32 Å². The fourth-order valence-corrected chi connectivity index (χ4v) is 2.97. The third-order valence-corrected chi connectivity index (χ3v) is 4.08. The maximum absolute atomic E-state index is 12.4. The van der Waals surface area contributed by atoms with Gasteiger partial charge in [-0.15, -0.1) is 0 Å². The fourth-order valence-electron chi connectivity index (χ4n) is 2.44. The van der Waals surface area contributed by atoms with Gasteiger partial charge in [0.2, 0.25) is 5.91 Å². The van der Waals surface area contributed by atoms with E-state index in [1.165, 1.54) is 5.56 Å². The summed E-state index contributed by atoms with van der Waals surface area (Å²) in [5, 5.41) is 3.86. The van der Waals surface area contributed by atoms with Crippen LogP contribution in [0.3, 0.4) is 0 Å². The molecule has 0 aromatic heterocycles. The first-order valence-electron chi connectivity index (χ1n) is 7.71. The average Bonchev–Trinajstić information content (AvgIpc) is 2.45. The summed E-state index contributed by atoms with van der Waals surface area (Å²) in [5.41, 5.74) is 2.89. The number of carbonyl (C=O) groups is 1. The summed E-state index contributed by atoms with van der Waals surface area (Å²) in [6, 6.07) is 13.2. The Morgan fingerprint density at radius 3 is 2.09 bits per heavy atom. The molecule has 0 aliphatic rings. The first kappa shape index (κ1) is 17.8. The third-order valence-electron chi connectivity index (χ3n) is 3.65. The van der Waals surface area contributed by atoms with E-state index < -0.39 is 0 Å².